The van der Waals surface area contributed by atoms with E-state index < -0.39 is 0 Å². The van der Waals surface area contributed by atoms with E-state index in [4.69, 9.17) is 9.72 Å². The van der Waals surface area contributed by atoms with Gasteiger partial charge in [-0.05, 0) is 36.6 Å². The maximum Gasteiger partial charge on any atom is 0.265 e. The number of para-hydroxylation sites is 2. The number of thioether (sulfide) groups is 1. The highest BCUT2D eigenvalue weighted by Gasteiger charge is 2.29. The second-order valence-corrected chi connectivity index (χ2v) is 9.22. The Morgan fingerprint density at radius 2 is 2.00 bits per heavy atom. The second-order valence-electron chi connectivity index (χ2n) is 8.23. The molecule has 0 saturated carbocycles. The number of methoxy groups -OCH3 is 1. The Hall–Kier alpha value is -3.59. The van der Waals surface area contributed by atoms with Crippen molar-refractivity contribution in [1.82, 2.24) is 24.6 Å². The third kappa shape index (κ3) is 4.07. The molecule has 3 heterocycles. The van der Waals surface area contributed by atoms with Gasteiger partial charge in [-0.25, -0.2) is 9.67 Å². The summed E-state index contributed by atoms with van der Waals surface area (Å²) in [6, 6.07) is 15.4. The van der Waals surface area contributed by atoms with E-state index in [1.165, 1.54) is 11.8 Å². The number of aryl methyl sites for hydroxylation is 1. The summed E-state index contributed by atoms with van der Waals surface area (Å²) >= 11 is 1.50. The van der Waals surface area contributed by atoms with E-state index in [1.54, 1.807) is 22.6 Å². The lowest BCUT2D eigenvalue weighted by atomic mass is 10.1. The predicted molar refractivity (Wildman–Crippen MR) is 132 cm³/mol. The van der Waals surface area contributed by atoms with Crippen molar-refractivity contribution in [2.45, 2.75) is 31.0 Å². The zero-order valence-electron chi connectivity index (χ0n) is 19.0. The monoisotopic (exact) mass is 475 g/mol. The van der Waals surface area contributed by atoms with Gasteiger partial charge in [-0.2, -0.15) is 5.10 Å². The van der Waals surface area contributed by atoms with Crippen LogP contribution in [0.1, 0.15) is 23.6 Å². The Morgan fingerprint density at radius 3 is 2.82 bits per heavy atom. The Morgan fingerprint density at radius 1 is 1.21 bits per heavy atom. The zero-order valence-corrected chi connectivity index (χ0v) is 19.8. The van der Waals surface area contributed by atoms with Crippen LogP contribution in [-0.2, 0) is 11.2 Å². The van der Waals surface area contributed by atoms with Crippen LogP contribution >= 0.6 is 11.8 Å². The molecular weight excluding hydrogens is 450 g/mol. The minimum atomic E-state index is -0.238. The average molecular weight is 476 g/mol. The van der Waals surface area contributed by atoms with Gasteiger partial charge in [0.05, 0.1) is 25.0 Å². The topological polar surface area (TPSA) is 91.0 Å². The van der Waals surface area contributed by atoms with Gasteiger partial charge in [0.2, 0.25) is 5.91 Å². The first-order valence-corrected chi connectivity index (χ1v) is 12.1. The highest BCUT2D eigenvalue weighted by atomic mass is 32.2. The molecule has 1 unspecified atom stereocenters. The number of hydrogen-bond acceptors (Lipinski definition) is 6. The number of amides is 1. The van der Waals surface area contributed by atoms with Crippen molar-refractivity contribution in [2.75, 3.05) is 19.4 Å². The van der Waals surface area contributed by atoms with Crippen molar-refractivity contribution >= 4 is 28.7 Å². The molecule has 1 atom stereocenters. The maximum atomic E-state index is 13.3. The van der Waals surface area contributed by atoms with Gasteiger partial charge in [0, 0.05) is 18.7 Å². The molecule has 0 bridgehead atoms. The van der Waals surface area contributed by atoms with Crippen LogP contribution in [-0.4, -0.2) is 44.6 Å². The minimum absolute atomic E-state index is 0.0871. The van der Waals surface area contributed by atoms with Gasteiger partial charge in [-0.15, -0.1) is 0 Å². The summed E-state index contributed by atoms with van der Waals surface area (Å²) < 4.78 is 8.73. The van der Waals surface area contributed by atoms with E-state index in [2.05, 4.69) is 10.4 Å². The molecule has 174 valence electrons. The average Bonchev–Trinajstić information content (AvgIpc) is 3.45. The fraction of sp³-hybridized carbons (Fsp3) is 0.280. The van der Waals surface area contributed by atoms with Crippen molar-refractivity contribution in [3.8, 4) is 11.4 Å². The van der Waals surface area contributed by atoms with E-state index in [1.807, 2.05) is 55.5 Å². The number of carbonyl (C=O) groups is 1. The number of ether oxygens (including phenoxy) is 1. The van der Waals surface area contributed by atoms with Crippen LogP contribution < -0.4 is 15.6 Å². The van der Waals surface area contributed by atoms with Gasteiger partial charge >= 0.3 is 0 Å². The highest BCUT2D eigenvalue weighted by Crippen LogP contribution is 2.33. The van der Waals surface area contributed by atoms with Gasteiger partial charge in [0.15, 0.2) is 10.8 Å². The molecule has 0 radical (unpaired) electrons. The lowest BCUT2D eigenvalue weighted by molar-refractivity contribution is -0.121. The maximum absolute atomic E-state index is 13.3. The summed E-state index contributed by atoms with van der Waals surface area (Å²) in [4.78, 5) is 30.7. The van der Waals surface area contributed by atoms with E-state index in [-0.39, 0.29) is 23.9 Å². The third-order valence-electron chi connectivity index (χ3n) is 6.04. The SMILES string of the molecule is COc1ccccc1CCNC(=O)CC1CSc2nc3c(cnn3-c3ccccc3C)c(=O)n21. The zero-order chi connectivity index (χ0) is 23.7. The first kappa shape index (κ1) is 22.2. The fourth-order valence-electron chi connectivity index (χ4n) is 4.29. The number of fused-ring (bicyclic) bond motifs is 2. The largest absolute Gasteiger partial charge is 0.496 e. The summed E-state index contributed by atoms with van der Waals surface area (Å²) in [7, 11) is 1.64. The van der Waals surface area contributed by atoms with E-state index in [9.17, 15) is 9.59 Å². The molecule has 9 heteroatoms. The number of aromatic nitrogens is 4. The first-order chi connectivity index (χ1) is 16.6. The summed E-state index contributed by atoms with van der Waals surface area (Å²) in [5.41, 5.74) is 3.37. The molecule has 1 aliphatic rings. The lowest BCUT2D eigenvalue weighted by Gasteiger charge is -2.14. The van der Waals surface area contributed by atoms with Crippen molar-refractivity contribution < 1.29 is 9.53 Å². The van der Waals surface area contributed by atoms with E-state index in [0.717, 1.165) is 22.6 Å². The number of benzene rings is 2. The van der Waals surface area contributed by atoms with E-state index >= 15 is 0 Å². The number of nitrogens with one attached hydrogen (secondary N) is 1. The molecule has 34 heavy (non-hydrogen) atoms. The number of carbonyl (C=O) groups excluding carboxylic acids is 1. The van der Waals surface area contributed by atoms with Gasteiger partial charge < -0.3 is 10.1 Å². The van der Waals surface area contributed by atoms with Gasteiger partial charge in [-0.3, -0.25) is 14.2 Å². The summed E-state index contributed by atoms with van der Waals surface area (Å²) in [5, 5.41) is 8.49. The fourth-order valence-corrected chi connectivity index (χ4v) is 5.42. The predicted octanol–water partition coefficient (Wildman–Crippen LogP) is 3.30. The first-order valence-electron chi connectivity index (χ1n) is 11.1. The Kier molecular flexibility index (Phi) is 6.10. The molecule has 8 nitrogen and oxygen atoms in total. The molecule has 0 aliphatic carbocycles. The smallest absolute Gasteiger partial charge is 0.265 e. The molecule has 4 aromatic rings. The quantitative estimate of drug-likeness (QED) is 0.413. The van der Waals surface area contributed by atoms with Crippen molar-refractivity contribution in [3.05, 3.63) is 76.2 Å². The van der Waals surface area contributed by atoms with Crippen LogP contribution in [0.25, 0.3) is 16.7 Å². The Balaban J connectivity index is 1.32. The molecule has 1 aliphatic heterocycles. The third-order valence-corrected chi connectivity index (χ3v) is 7.14. The summed E-state index contributed by atoms with van der Waals surface area (Å²) in [6.07, 6.45) is 2.47. The summed E-state index contributed by atoms with van der Waals surface area (Å²) in [6.45, 7) is 2.50. The molecule has 2 aromatic heterocycles. The van der Waals surface area contributed by atoms with Crippen molar-refractivity contribution in [3.63, 3.8) is 0 Å². The Labute approximate surface area is 201 Å². The second kappa shape index (κ2) is 9.34. The number of nitrogens with zero attached hydrogens (tertiary/aromatic N) is 4. The van der Waals surface area contributed by atoms with Crippen molar-refractivity contribution in [1.29, 1.82) is 0 Å². The molecule has 5 rings (SSSR count). The Bertz CT molecular complexity index is 1430. The normalized spacial score (nSPS) is 14.8. The standard InChI is InChI=1S/C25H25N5O3S/c1-16-7-3-5-9-20(16)30-23-19(14-27-30)24(32)29-18(15-34-25(29)28-23)13-22(31)26-12-11-17-8-4-6-10-21(17)33-2/h3-10,14,18H,11-13,15H2,1-2H3,(H,26,31). The van der Waals surface area contributed by atoms with E-state index in [0.29, 0.717) is 34.9 Å². The number of hydrogen-bond donors (Lipinski definition) is 1. The van der Waals surface area contributed by atoms with Gasteiger partial charge in [0.1, 0.15) is 11.1 Å². The van der Waals surface area contributed by atoms with Crippen LogP contribution in [0.3, 0.4) is 0 Å². The lowest BCUT2D eigenvalue weighted by Crippen LogP contribution is -2.31. The molecule has 2 aromatic carbocycles. The molecular formula is C25H25N5O3S. The van der Waals surface area contributed by atoms with Crippen LogP contribution in [0, 0.1) is 6.92 Å². The van der Waals surface area contributed by atoms with Gasteiger partial charge in [0.25, 0.3) is 5.56 Å². The van der Waals surface area contributed by atoms with Gasteiger partial charge in [-0.1, -0.05) is 48.2 Å². The van der Waals surface area contributed by atoms with Crippen LogP contribution in [0.2, 0.25) is 0 Å². The summed E-state index contributed by atoms with van der Waals surface area (Å²) in [5.74, 6) is 1.36. The minimum Gasteiger partial charge on any atom is -0.496 e. The van der Waals surface area contributed by atoms with Crippen LogP contribution in [0.15, 0.2) is 64.7 Å². The van der Waals surface area contributed by atoms with Crippen LogP contribution in [0.4, 0.5) is 0 Å². The molecule has 0 spiro atoms. The molecule has 0 fully saturated rings. The van der Waals surface area contributed by atoms with Crippen molar-refractivity contribution in [2.24, 2.45) is 0 Å². The van der Waals surface area contributed by atoms with Crippen LogP contribution in [0.5, 0.6) is 5.75 Å². The molecule has 1 N–H and O–H groups in total. The number of rotatable bonds is 7. The highest BCUT2D eigenvalue weighted by molar-refractivity contribution is 7.99. The molecule has 0 saturated heterocycles. The molecule has 1 amide bonds.